The third kappa shape index (κ3) is 3.87. The van der Waals surface area contributed by atoms with E-state index in [0.717, 1.165) is 30.9 Å². The molecule has 1 aliphatic rings. The molecule has 2 aromatic heterocycles. The van der Waals surface area contributed by atoms with Crippen molar-refractivity contribution in [3.63, 3.8) is 0 Å². The van der Waals surface area contributed by atoms with E-state index in [9.17, 15) is 9.59 Å². The summed E-state index contributed by atoms with van der Waals surface area (Å²) in [7, 11) is 2.00. The molecule has 1 N–H and O–H groups in total. The third-order valence-electron chi connectivity index (χ3n) is 4.42. The van der Waals surface area contributed by atoms with Crippen molar-refractivity contribution in [3.8, 4) is 0 Å². The molecule has 1 atom stereocenters. The second kappa shape index (κ2) is 7.04. The van der Waals surface area contributed by atoms with Crippen LogP contribution in [0.3, 0.4) is 0 Å². The minimum absolute atomic E-state index is 0.0374. The molecule has 0 saturated carbocycles. The molecule has 1 aliphatic heterocycles. The van der Waals surface area contributed by atoms with Crippen LogP contribution in [0.5, 0.6) is 0 Å². The molecular formula is C18H23N5O2. The van der Waals surface area contributed by atoms with Crippen molar-refractivity contribution in [1.82, 2.24) is 19.4 Å². The predicted octanol–water partition coefficient (Wildman–Crippen LogP) is 2.10. The van der Waals surface area contributed by atoms with E-state index in [0.29, 0.717) is 17.9 Å². The zero-order valence-corrected chi connectivity index (χ0v) is 14.8. The number of nitrogens with zero attached hydrogens (tertiary/aromatic N) is 4. The Morgan fingerprint density at radius 3 is 2.84 bits per heavy atom. The Morgan fingerprint density at radius 1 is 1.36 bits per heavy atom. The quantitative estimate of drug-likeness (QED) is 0.927. The number of likely N-dealkylation sites (tertiary alicyclic amines) is 1. The van der Waals surface area contributed by atoms with Crippen molar-refractivity contribution in [1.29, 1.82) is 0 Å². The van der Waals surface area contributed by atoms with Gasteiger partial charge in [0.05, 0.1) is 5.69 Å². The number of aromatic nitrogens is 3. The summed E-state index contributed by atoms with van der Waals surface area (Å²) in [5.41, 5.74) is 1.53. The van der Waals surface area contributed by atoms with Crippen molar-refractivity contribution in [2.24, 2.45) is 7.05 Å². The van der Waals surface area contributed by atoms with Gasteiger partial charge in [-0.05, 0) is 31.9 Å². The second-order valence-electron chi connectivity index (χ2n) is 6.55. The molecule has 0 radical (unpaired) electrons. The van der Waals surface area contributed by atoms with Gasteiger partial charge in [-0.25, -0.2) is 9.97 Å². The van der Waals surface area contributed by atoms with Crippen LogP contribution in [-0.4, -0.2) is 44.3 Å². The molecule has 3 heterocycles. The van der Waals surface area contributed by atoms with E-state index in [1.807, 2.05) is 25.1 Å². The average molecular weight is 341 g/mol. The Labute approximate surface area is 147 Å². The maximum Gasteiger partial charge on any atom is 0.254 e. The number of nitrogens with one attached hydrogen (secondary N) is 1. The number of pyridine rings is 1. The normalized spacial score (nSPS) is 17.4. The van der Waals surface area contributed by atoms with E-state index in [1.165, 1.54) is 6.92 Å². The number of anilines is 1. The van der Waals surface area contributed by atoms with Gasteiger partial charge in [0.2, 0.25) is 5.91 Å². The van der Waals surface area contributed by atoms with Crippen LogP contribution < -0.4 is 5.32 Å². The highest BCUT2D eigenvalue weighted by Gasteiger charge is 2.28. The Balaban J connectivity index is 1.76. The SMILES string of the molecule is CC(=O)Nc1cc(C(=O)N2CCC[C@H](c3nc(C)cn3C)C2)ccn1. The van der Waals surface area contributed by atoms with E-state index in [-0.39, 0.29) is 17.7 Å². The molecule has 132 valence electrons. The van der Waals surface area contributed by atoms with Gasteiger partial charge in [-0.1, -0.05) is 0 Å². The highest BCUT2D eigenvalue weighted by Crippen LogP contribution is 2.27. The predicted molar refractivity (Wildman–Crippen MR) is 94.4 cm³/mol. The van der Waals surface area contributed by atoms with Crippen LogP contribution >= 0.6 is 0 Å². The molecule has 2 amide bonds. The van der Waals surface area contributed by atoms with E-state index in [1.54, 1.807) is 18.3 Å². The smallest absolute Gasteiger partial charge is 0.254 e. The van der Waals surface area contributed by atoms with Crippen LogP contribution in [0.1, 0.15) is 47.6 Å². The number of carbonyl (C=O) groups excluding carboxylic acids is 2. The van der Waals surface area contributed by atoms with Gasteiger partial charge in [0.1, 0.15) is 11.6 Å². The fourth-order valence-corrected chi connectivity index (χ4v) is 3.38. The summed E-state index contributed by atoms with van der Waals surface area (Å²) in [6.45, 7) is 4.79. The van der Waals surface area contributed by atoms with Crippen LogP contribution in [0.25, 0.3) is 0 Å². The molecular weight excluding hydrogens is 318 g/mol. The summed E-state index contributed by atoms with van der Waals surface area (Å²) in [6.07, 6.45) is 5.54. The number of rotatable bonds is 3. The van der Waals surface area contributed by atoms with Gasteiger partial charge >= 0.3 is 0 Å². The van der Waals surface area contributed by atoms with Gasteiger partial charge in [-0.2, -0.15) is 0 Å². The summed E-state index contributed by atoms with van der Waals surface area (Å²) in [4.78, 5) is 34.6. The summed E-state index contributed by atoms with van der Waals surface area (Å²) in [5, 5.41) is 2.61. The highest BCUT2D eigenvalue weighted by molar-refractivity contribution is 5.96. The minimum Gasteiger partial charge on any atom is -0.338 e. The van der Waals surface area contributed by atoms with Gasteiger partial charge in [0.15, 0.2) is 0 Å². The summed E-state index contributed by atoms with van der Waals surface area (Å²) < 4.78 is 2.05. The molecule has 3 rings (SSSR count). The first-order valence-electron chi connectivity index (χ1n) is 8.47. The standard InChI is InChI=1S/C18H23N5O2/c1-12-10-22(3)17(20-12)15-5-4-8-23(11-15)18(25)14-6-7-19-16(9-14)21-13(2)24/h6-7,9-10,15H,4-5,8,11H2,1-3H3,(H,19,21,24)/t15-/m0/s1. The summed E-state index contributed by atoms with van der Waals surface area (Å²) >= 11 is 0. The maximum absolute atomic E-state index is 12.9. The highest BCUT2D eigenvalue weighted by atomic mass is 16.2. The fraction of sp³-hybridized carbons (Fsp3) is 0.444. The van der Waals surface area contributed by atoms with Crippen molar-refractivity contribution in [2.75, 3.05) is 18.4 Å². The Morgan fingerprint density at radius 2 is 2.16 bits per heavy atom. The molecule has 2 aromatic rings. The molecule has 7 nitrogen and oxygen atoms in total. The van der Waals surface area contributed by atoms with Gasteiger partial charge in [0.25, 0.3) is 5.91 Å². The first-order chi connectivity index (χ1) is 11.9. The topological polar surface area (TPSA) is 80.1 Å². The number of aryl methyl sites for hydroxylation is 2. The number of amides is 2. The first kappa shape index (κ1) is 17.1. The lowest BCUT2D eigenvalue weighted by Gasteiger charge is -2.32. The molecule has 0 aliphatic carbocycles. The third-order valence-corrected chi connectivity index (χ3v) is 4.42. The van der Waals surface area contributed by atoms with Gasteiger partial charge < -0.3 is 14.8 Å². The Kier molecular flexibility index (Phi) is 4.83. The van der Waals surface area contributed by atoms with E-state index in [2.05, 4.69) is 19.9 Å². The maximum atomic E-state index is 12.9. The van der Waals surface area contributed by atoms with Crippen molar-refractivity contribution < 1.29 is 9.59 Å². The molecule has 0 unspecified atom stereocenters. The monoisotopic (exact) mass is 341 g/mol. The summed E-state index contributed by atoms with van der Waals surface area (Å²) in [6, 6.07) is 3.31. The Bertz CT molecular complexity index is 799. The summed E-state index contributed by atoms with van der Waals surface area (Å²) in [5.74, 6) is 1.42. The minimum atomic E-state index is -0.208. The van der Waals surface area contributed by atoms with Gasteiger partial charge in [-0.15, -0.1) is 0 Å². The molecule has 25 heavy (non-hydrogen) atoms. The van der Waals surface area contributed by atoms with Crippen LogP contribution in [0.4, 0.5) is 5.82 Å². The number of piperidine rings is 1. The zero-order chi connectivity index (χ0) is 18.0. The molecule has 7 heteroatoms. The van der Waals surface area contributed by atoms with Crippen molar-refractivity contribution in [3.05, 3.63) is 41.6 Å². The van der Waals surface area contributed by atoms with Crippen LogP contribution in [0, 0.1) is 6.92 Å². The van der Waals surface area contributed by atoms with Crippen LogP contribution in [0.15, 0.2) is 24.5 Å². The Hall–Kier alpha value is -2.70. The molecule has 0 aromatic carbocycles. The van der Waals surface area contributed by atoms with Crippen LogP contribution in [-0.2, 0) is 11.8 Å². The number of imidazole rings is 1. The van der Waals surface area contributed by atoms with E-state index >= 15 is 0 Å². The lowest BCUT2D eigenvalue weighted by molar-refractivity contribution is -0.114. The number of hydrogen-bond donors (Lipinski definition) is 1. The van der Waals surface area contributed by atoms with Gasteiger partial charge in [0, 0.05) is 50.9 Å². The number of hydrogen-bond acceptors (Lipinski definition) is 4. The molecule has 1 saturated heterocycles. The van der Waals surface area contributed by atoms with Gasteiger partial charge in [-0.3, -0.25) is 9.59 Å². The second-order valence-corrected chi connectivity index (χ2v) is 6.55. The fourth-order valence-electron chi connectivity index (χ4n) is 3.38. The largest absolute Gasteiger partial charge is 0.338 e. The lowest BCUT2D eigenvalue weighted by Crippen LogP contribution is -2.39. The van der Waals surface area contributed by atoms with E-state index in [4.69, 9.17) is 0 Å². The molecule has 0 bridgehead atoms. The number of carbonyl (C=O) groups is 2. The van der Waals surface area contributed by atoms with Crippen molar-refractivity contribution in [2.45, 2.75) is 32.6 Å². The lowest BCUT2D eigenvalue weighted by atomic mass is 9.96. The zero-order valence-electron chi connectivity index (χ0n) is 14.8. The molecule has 1 fully saturated rings. The molecule has 0 spiro atoms. The van der Waals surface area contributed by atoms with Crippen LogP contribution in [0.2, 0.25) is 0 Å². The first-order valence-corrected chi connectivity index (χ1v) is 8.47. The average Bonchev–Trinajstić information content (AvgIpc) is 2.92. The van der Waals surface area contributed by atoms with Crippen molar-refractivity contribution >= 4 is 17.6 Å². The van der Waals surface area contributed by atoms with E-state index < -0.39 is 0 Å².